The van der Waals surface area contributed by atoms with Gasteiger partial charge in [-0.2, -0.15) is 0 Å². The molecule has 0 spiro atoms. The lowest BCUT2D eigenvalue weighted by Crippen LogP contribution is -2.01. The molecule has 0 radical (unpaired) electrons. The van der Waals surface area contributed by atoms with Crippen molar-refractivity contribution in [2.75, 3.05) is 28.4 Å². The molecule has 31 heavy (non-hydrogen) atoms. The molecule has 158 valence electrons. The van der Waals surface area contributed by atoms with Gasteiger partial charge in [0.25, 0.3) is 0 Å². The van der Waals surface area contributed by atoms with E-state index in [0.29, 0.717) is 44.5 Å². The van der Waals surface area contributed by atoms with E-state index in [0.717, 1.165) is 0 Å². The van der Waals surface area contributed by atoms with E-state index in [1.165, 1.54) is 28.4 Å². The highest BCUT2D eigenvalue weighted by atomic mass is 16.5. The Labute approximate surface area is 173 Å². The molecule has 0 atom stereocenters. The number of H-pyrrole nitrogens is 1. The summed E-state index contributed by atoms with van der Waals surface area (Å²) >= 11 is 0. The van der Waals surface area contributed by atoms with Crippen LogP contribution < -0.4 is 30.2 Å². The summed E-state index contributed by atoms with van der Waals surface area (Å²) in [5, 5.41) is 2.15. The van der Waals surface area contributed by atoms with Crippen LogP contribution in [0, 0.1) is 0 Å². The van der Waals surface area contributed by atoms with Crippen molar-refractivity contribution < 1.29 is 27.8 Å². The molecule has 3 aromatic heterocycles. The van der Waals surface area contributed by atoms with Crippen LogP contribution in [0.1, 0.15) is 0 Å². The van der Waals surface area contributed by atoms with Gasteiger partial charge in [0.05, 0.1) is 28.4 Å². The monoisotopic (exact) mass is 423 g/mol. The first-order valence-corrected chi connectivity index (χ1v) is 9.23. The number of benzene rings is 2. The van der Waals surface area contributed by atoms with Gasteiger partial charge in [-0.05, 0) is 12.1 Å². The van der Waals surface area contributed by atoms with E-state index in [2.05, 4.69) is 4.98 Å². The van der Waals surface area contributed by atoms with E-state index in [1.807, 2.05) is 0 Å². The first-order valence-electron chi connectivity index (χ1n) is 9.23. The normalized spacial score (nSPS) is 11.5. The summed E-state index contributed by atoms with van der Waals surface area (Å²) in [7, 11) is 6.00. The Morgan fingerprint density at radius 1 is 0.613 bits per heavy atom. The molecule has 9 nitrogen and oxygen atoms in total. The maximum atomic E-state index is 12.7. The number of hydrogen-bond acceptors (Lipinski definition) is 8. The van der Waals surface area contributed by atoms with Crippen molar-refractivity contribution in [1.82, 2.24) is 4.98 Å². The summed E-state index contributed by atoms with van der Waals surface area (Å²) in [5.74, 6) is 1.72. The van der Waals surface area contributed by atoms with E-state index in [9.17, 15) is 9.59 Å². The number of fused-ring (bicyclic) bond motifs is 7. The van der Waals surface area contributed by atoms with E-state index < -0.39 is 11.3 Å². The third-order valence-corrected chi connectivity index (χ3v) is 5.32. The predicted octanol–water partition coefficient (Wildman–Crippen LogP) is 3.57. The van der Waals surface area contributed by atoms with Gasteiger partial charge in [0, 0.05) is 33.7 Å². The molecule has 3 heterocycles. The lowest BCUT2D eigenvalue weighted by atomic mass is 10.0. The third kappa shape index (κ3) is 2.56. The number of ether oxygens (including phenoxy) is 4. The number of methoxy groups -OCH3 is 4. The SMILES string of the molecule is COc1cc2oc(=O)c3[nH]c4c(=O)oc5cc(OC)c(OC)cc5c4c3c2cc1OC. The summed E-state index contributed by atoms with van der Waals surface area (Å²) in [6, 6.07) is 6.55. The number of aromatic amines is 1. The van der Waals surface area contributed by atoms with E-state index in [-0.39, 0.29) is 22.2 Å². The largest absolute Gasteiger partial charge is 0.493 e. The van der Waals surface area contributed by atoms with Gasteiger partial charge in [0.2, 0.25) is 0 Å². The van der Waals surface area contributed by atoms with Crippen molar-refractivity contribution in [1.29, 1.82) is 0 Å². The van der Waals surface area contributed by atoms with Crippen LogP contribution >= 0.6 is 0 Å². The topological polar surface area (TPSA) is 113 Å². The van der Waals surface area contributed by atoms with Crippen molar-refractivity contribution in [3.05, 3.63) is 45.1 Å². The molecule has 0 saturated carbocycles. The minimum atomic E-state index is -0.626. The molecule has 0 aliphatic rings. The molecule has 0 fully saturated rings. The first kappa shape index (κ1) is 18.9. The fourth-order valence-corrected chi connectivity index (χ4v) is 3.93. The fourth-order valence-electron chi connectivity index (χ4n) is 3.93. The summed E-state index contributed by atoms with van der Waals surface area (Å²) in [6.07, 6.45) is 0. The average molecular weight is 423 g/mol. The zero-order chi connectivity index (χ0) is 21.9. The lowest BCUT2D eigenvalue weighted by Gasteiger charge is -2.10. The second-order valence-electron chi connectivity index (χ2n) is 6.81. The minimum Gasteiger partial charge on any atom is -0.493 e. The second-order valence-corrected chi connectivity index (χ2v) is 6.81. The van der Waals surface area contributed by atoms with Crippen molar-refractivity contribution in [2.45, 2.75) is 0 Å². The molecule has 2 aromatic carbocycles. The molecule has 1 N–H and O–H groups in total. The standard InChI is InChI=1S/C22H17NO8/c1-26-13-5-9-11(7-15(13)28-3)30-21(24)19-17(9)18-10-6-14(27-2)16(29-4)8-12(10)31-22(25)20(18)23-19/h5-8,23H,1-4H3. The molecule has 0 unspecified atom stereocenters. The van der Waals surface area contributed by atoms with Crippen LogP contribution in [0.15, 0.2) is 42.7 Å². The Bertz CT molecular complexity index is 1500. The van der Waals surface area contributed by atoms with Gasteiger partial charge in [-0.3, -0.25) is 0 Å². The van der Waals surface area contributed by atoms with Gasteiger partial charge in [0.1, 0.15) is 22.2 Å². The van der Waals surface area contributed by atoms with E-state index >= 15 is 0 Å². The van der Waals surface area contributed by atoms with Crippen LogP contribution in [-0.2, 0) is 0 Å². The van der Waals surface area contributed by atoms with Gasteiger partial charge < -0.3 is 32.8 Å². The molecule has 5 aromatic rings. The van der Waals surface area contributed by atoms with Crippen molar-refractivity contribution in [2.24, 2.45) is 0 Å². The van der Waals surface area contributed by atoms with Gasteiger partial charge in [-0.15, -0.1) is 0 Å². The van der Waals surface area contributed by atoms with E-state index in [1.54, 1.807) is 24.3 Å². The van der Waals surface area contributed by atoms with Gasteiger partial charge in [-0.25, -0.2) is 9.59 Å². The van der Waals surface area contributed by atoms with Crippen LogP contribution in [0.25, 0.3) is 43.7 Å². The highest BCUT2D eigenvalue weighted by molar-refractivity contribution is 6.26. The van der Waals surface area contributed by atoms with Crippen LogP contribution in [0.2, 0.25) is 0 Å². The van der Waals surface area contributed by atoms with Crippen molar-refractivity contribution in [3.8, 4) is 23.0 Å². The summed E-state index contributed by atoms with van der Waals surface area (Å²) in [4.78, 5) is 28.4. The Kier molecular flexibility index (Phi) is 4.07. The molecule has 9 heteroatoms. The number of nitrogens with one attached hydrogen (secondary N) is 1. The highest BCUT2D eigenvalue weighted by Crippen LogP contribution is 2.41. The van der Waals surface area contributed by atoms with Crippen LogP contribution in [0.5, 0.6) is 23.0 Å². The lowest BCUT2D eigenvalue weighted by molar-refractivity contribution is 0.355. The molecule has 0 saturated heterocycles. The Morgan fingerprint density at radius 3 is 1.32 bits per heavy atom. The fraction of sp³-hybridized carbons (Fsp3) is 0.182. The van der Waals surface area contributed by atoms with Crippen LogP contribution in [0.4, 0.5) is 0 Å². The average Bonchev–Trinajstić information content (AvgIpc) is 3.20. The molecule has 0 amide bonds. The maximum absolute atomic E-state index is 12.7. The van der Waals surface area contributed by atoms with Crippen LogP contribution in [0.3, 0.4) is 0 Å². The smallest absolute Gasteiger partial charge is 0.360 e. The van der Waals surface area contributed by atoms with Crippen molar-refractivity contribution in [3.63, 3.8) is 0 Å². The number of aromatic nitrogens is 1. The summed E-state index contributed by atoms with van der Waals surface area (Å²) in [5.41, 5.74) is -0.387. The number of hydrogen-bond donors (Lipinski definition) is 1. The highest BCUT2D eigenvalue weighted by Gasteiger charge is 2.22. The molecular formula is C22H17NO8. The van der Waals surface area contributed by atoms with Gasteiger partial charge >= 0.3 is 11.3 Å². The maximum Gasteiger partial charge on any atom is 0.360 e. The Balaban J connectivity index is 2.09. The van der Waals surface area contributed by atoms with Gasteiger partial charge in [0.15, 0.2) is 23.0 Å². The zero-order valence-electron chi connectivity index (χ0n) is 17.1. The molecular weight excluding hydrogens is 406 g/mol. The Hall–Kier alpha value is -4.14. The molecule has 0 bridgehead atoms. The second kappa shape index (κ2) is 6.69. The molecule has 0 aliphatic heterocycles. The summed E-state index contributed by atoms with van der Waals surface area (Å²) < 4.78 is 32.4. The van der Waals surface area contributed by atoms with Crippen LogP contribution in [-0.4, -0.2) is 33.4 Å². The summed E-state index contributed by atoms with van der Waals surface area (Å²) in [6.45, 7) is 0. The molecule has 0 aliphatic carbocycles. The first-order chi connectivity index (χ1) is 15.0. The zero-order valence-corrected chi connectivity index (χ0v) is 17.1. The third-order valence-electron chi connectivity index (χ3n) is 5.32. The van der Waals surface area contributed by atoms with E-state index in [4.69, 9.17) is 27.8 Å². The van der Waals surface area contributed by atoms with Crippen molar-refractivity contribution >= 4 is 43.7 Å². The molecule has 5 rings (SSSR count). The minimum absolute atomic E-state index is 0.143. The van der Waals surface area contributed by atoms with Gasteiger partial charge in [-0.1, -0.05) is 0 Å². The predicted molar refractivity (Wildman–Crippen MR) is 114 cm³/mol. The Morgan fingerprint density at radius 2 is 0.968 bits per heavy atom. The quantitative estimate of drug-likeness (QED) is 0.437. The number of rotatable bonds is 4.